The first-order chi connectivity index (χ1) is 11.1. The molecule has 0 unspecified atom stereocenters. The van der Waals surface area contributed by atoms with Gasteiger partial charge in [-0.2, -0.15) is 8.78 Å². The number of benzene rings is 1. The summed E-state index contributed by atoms with van der Waals surface area (Å²) in [5.74, 6) is -0.479. The van der Waals surface area contributed by atoms with Crippen molar-refractivity contribution in [3.8, 4) is 10.6 Å². The average Bonchev–Trinajstić information content (AvgIpc) is 3.05. The highest BCUT2D eigenvalue weighted by atomic mass is 32.1. The zero-order chi connectivity index (χ0) is 16.7. The molecular formula is C17H17F2NO2S. The smallest absolute Gasteiger partial charge is 0.357 e. The Morgan fingerprint density at radius 2 is 1.96 bits per heavy atom. The van der Waals surface area contributed by atoms with Gasteiger partial charge in [-0.15, -0.1) is 11.3 Å². The van der Waals surface area contributed by atoms with Gasteiger partial charge in [0.05, 0.1) is 6.61 Å². The minimum Gasteiger partial charge on any atom is -0.461 e. The number of carbonyl (C=O) groups excluding carboxylic acids is 1. The van der Waals surface area contributed by atoms with Gasteiger partial charge in [-0.3, -0.25) is 0 Å². The zero-order valence-corrected chi connectivity index (χ0v) is 13.5. The number of aromatic nitrogens is 1. The Morgan fingerprint density at radius 1 is 1.22 bits per heavy atom. The van der Waals surface area contributed by atoms with Gasteiger partial charge >= 0.3 is 5.97 Å². The fourth-order valence-corrected chi connectivity index (χ4v) is 2.70. The van der Waals surface area contributed by atoms with Crippen LogP contribution in [0.2, 0.25) is 0 Å². The number of esters is 1. The second kappa shape index (κ2) is 8.53. The van der Waals surface area contributed by atoms with Crippen LogP contribution in [0, 0.1) is 0 Å². The highest BCUT2D eigenvalue weighted by Gasteiger charge is 2.13. The van der Waals surface area contributed by atoms with Crippen LogP contribution in [0.25, 0.3) is 10.6 Å². The van der Waals surface area contributed by atoms with Crippen LogP contribution in [0.1, 0.15) is 36.7 Å². The number of unbranched alkanes of at least 4 members (excludes halogenated alkanes) is 1. The molecule has 0 saturated carbocycles. The van der Waals surface area contributed by atoms with Crippen LogP contribution in [0.15, 0.2) is 47.4 Å². The number of hydrogen-bond acceptors (Lipinski definition) is 4. The van der Waals surface area contributed by atoms with E-state index in [1.54, 1.807) is 5.38 Å². The topological polar surface area (TPSA) is 39.2 Å². The van der Waals surface area contributed by atoms with Crippen molar-refractivity contribution in [2.24, 2.45) is 0 Å². The van der Waals surface area contributed by atoms with E-state index in [9.17, 15) is 13.6 Å². The van der Waals surface area contributed by atoms with E-state index >= 15 is 0 Å². The van der Waals surface area contributed by atoms with Gasteiger partial charge in [-0.1, -0.05) is 30.3 Å². The Bertz CT molecular complexity index is 679. The molecule has 0 aliphatic heterocycles. The molecule has 1 heterocycles. The van der Waals surface area contributed by atoms with Crippen LogP contribution in [0.3, 0.4) is 0 Å². The first-order valence-electron chi connectivity index (χ1n) is 7.26. The molecule has 0 spiro atoms. The summed E-state index contributed by atoms with van der Waals surface area (Å²) in [6.45, 7) is 1.61. The second-order valence-electron chi connectivity index (χ2n) is 5.04. The number of rotatable bonds is 7. The largest absolute Gasteiger partial charge is 0.461 e. The zero-order valence-electron chi connectivity index (χ0n) is 12.7. The number of carbonyl (C=O) groups is 1. The molecule has 122 valence electrons. The third kappa shape index (κ3) is 5.25. The van der Waals surface area contributed by atoms with Gasteiger partial charge < -0.3 is 4.74 Å². The van der Waals surface area contributed by atoms with E-state index < -0.39 is 12.0 Å². The first kappa shape index (κ1) is 17.3. The predicted molar refractivity (Wildman–Crippen MR) is 86.6 cm³/mol. The molecule has 0 saturated heterocycles. The molecule has 0 fully saturated rings. The SMILES string of the molecule is CC(CCCCOC(=O)c1csc(-c2ccccc2)n1)=C(F)F. The molecule has 0 aliphatic rings. The Hall–Kier alpha value is -2.08. The quantitative estimate of drug-likeness (QED) is 0.508. The van der Waals surface area contributed by atoms with Gasteiger partial charge in [0.25, 0.3) is 6.08 Å². The predicted octanol–water partition coefficient (Wildman–Crippen LogP) is 5.31. The van der Waals surface area contributed by atoms with Crippen molar-refractivity contribution in [2.75, 3.05) is 6.61 Å². The Balaban J connectivity index is 1.79. The van der Waals surface area contributed by atoms with Crippen molar-refractivity contribution < 1.29 is 18.3 Å². The van der Waals surface area contributed by atoms with Crippen LogP contribution >= 0.6 is 11.3 Å². The lowest BCUT2D eigenvalue weighted by atomic mass is 10.1. The lowest BCUT2D eigenvalue weighted by Crippen LogP contribution is -2.06. The van der Waals surface area contributed by atoms with Gasteiger partial charge in [0.15, 0.2) is 5.69 Å². The molecule has 0 N–H and O–H groups in total. The van der Waals surface area contributed by atoms with E-state index in [-0.39, 0.29) is 17.9 Å². The number of halogens is 2. The van der Waals surface area contributed by atoms with Crippen LogP contribution in [0.4, 0.5) is 8.78 Å². The molecule has 6 heteroatoms. The molecule has 0 bridgehead atoms. The summed E-state index contributed by atoms with van der Waals surface area (Å²) in [7, 11) is 0. The molecule has 0 amide bonds. The van der Waals surface area contributed by atoms with E-state index in [2.05, 4.69) is 4.98 Å². The highest BCUT2D eigenvalue weighted by molar-refractivity contribution is 7.13. The van der Waals surface area contributed by atoms with Crippen LogP contribution in [0.5, 0.6) is 0 Å². The summed E-state index contributed by atoms with van der Waals surface area (Å²) in [6, 6.07) is 9.58. The summed E-state index contributed by atoms with van der Waals surface area (Å²) in [6.07, 6.45) is -0.207. The molecule has 23 heavy (non-hydrogen) atoms. The maximum atomic E-state index is 12.2. The third-order valence-electron chi connectivity index (χ3n) is 3.24. The van der Waals surface area contributed by atoms with Crippen LogP contribution in [-0.4, -0.2) is 17.6 Å². The molecule has 2 rings (SSSR count). The molecule has 1 aromatic carbocycles. The normalized spacial score (nSPS) is 10.4. The van der Waals surface area contributed by atoms with Gasteiger partial charge in [0.2, 0.25) is 0 Å². The molecule has 0 atom stereocenters. The van der Waals surface area contributed by atoms with Crippen molar-refractivity contribution in [1.82, 2.24) is 4.98 Å². The van der Waals surface area contributed by atoms with Crippen molar-refractivity contribution in [2.45, 2.75) is 26.2 Å². The van der Waals surface area contributed by atoms with E-state index in [1.165, 1.54) is 18.3 Å². The first-order valence-corrected chi connectivity index (χ1v) is 8.14. The molecule has 0 aliphatic carbocycles. The summed E-state index contributed by atoms with van der Waals surface area (Å²) < 4.78 is 29.6. The number of hydrogen-bond donors (Lipinski definition) is 0. The number of allylic oxidation sites excluding steroid dienone is 1. The van der Waals surface area contributed by atoms with Crippen LogP contribution < -0.4 is 0 Å². The van der Waals surface area contributed by atoms with Crippen molar-refractivity contribution in [3.63, 3.8) is 0 Å². The number of ether oxygens (including phenoxy) is 1. The molecule has 0 radical (unpaired) electrons. The second-order valence-corrected chi connectivity index (χ2v) is 5.90. The lowest BCUT2D eigenvalue weighted by Gasteiger charge is -2.03. The Morgan fingerprint density at radius 3 is 2.65 bits per heavy atom. The summed E-state index contributed by atoms with van der Waals surface area (Å²) in [5, 5.41) is 2.42. The molecule has 2 aromatic rings. The van der Waals surface area contributed by atoms with E-state index in [0.717, 1.165) is 10.6 Å². The van der Waals surface area contributed by atoms with E-state index in [4.69, 9.17) is 4.74 Å². The minimum absolute atomic E-state index is 0.0864. The maximum absolute atomic E-state index is 12.2. The lowest BCUT2D eigenvalue weighted by molar-refractivity contribution is 0.0492. The molecule has 3 nitrogen and oxygen atoms in total. The Kier molecular flexibility index (Phi) is 6.40. The van der Waals surface area contributed by atoms with Gasteiger partial charge in [0, 0.05) is 10.9 Å². The standard InChI is InChI=1S/C17H17F2NO2S/c1-12(15(18)19)7-5-6-10-22-17(21)14-11-23-16(20-14)13-8-3-2-4-9-13/h2-4,8-9,11H,5-7,10H2,1H3. The van der Waals surface area contributed by atoms with E-state index in [0.29, 0.717) is 19.3 Å². The molecule has 1 aromatic heterocycles. The number of nitrogens with zero attached hydrogens (tertiary/aromatic N) is 1. The molecular weight excluding hydrogens is 320 g/mol. The minimum atomic E-state index is -1.63. The summed E-state index contributed by atoms with van der Waals surface area (Å²) in [5.41, 5.74) is 1.31. The van der Waals surface area contributed by atoms with Crippen molar-refractivity contribution >= 4 is 17.3 Å². The van der Waals surface area contributed by atoms with Gasteiger partial charge in [0.1, 0.15) is 5.01 Å². The van der Waals surface area contributed by atoms with Crippen molar-refractivity contribution in [1.29, 1.82) is 0 Å². The third-order valence-corrected chi connectivity index (χ3v) is 4.13. The Labute approximate surface area is 137 Å². The van der Waals surface area contributed by atoms with Crippen LogP contribution in [-0.2, 0) is 4.74 Å². The fourth-order valence-electron chi connectivity index (χ4n) is 1.91. The van der Waals surface area contributed by atoms with Gasteiger partial charge in [-0.05, 0) is 31.8 Å². The monoisotopic (exact) mass is 337 g/mol. The van der Waals surface area contributed by atoms with E-state index in [1.807, 2.05) is 30.3 Å². The maximum Gasteiger partial charge on any atom is 0.357 e. The van der Waals surface area contributed by atoms with Crippen molar-refractivity contribution in [3.05, 3.63) is 53.1 Å². The summed E-state index contributed by atoms with van der Waals surface area (Å²) in [4.78, 5) is 16.2. The average molecular weight is 337 g/mol. The number of thiazole rings is 1. The van der Waals surface area contributed by atoms with Gasteiger partial charge in [-0.25, -0.2) is 9.78 Å². The fraction of sp³-hybridized carbons (Fsp3) is 0.294. The highest BCUT2D eigenvalue weighted by Crippen LogP contribution is 2.23. The summed E-state index contributed by atoms with van der Waals surface area (Å²) >= 11 is 1.38.